The van der Waals surface area contributed by atoms with E-state index in [4.69, 9.17) is 23.7 Å². The number of ketones is 4. The van der Waals surface area contributed by atoms with Crippen LogP contribution in [-0.4, -0.2) is 130 Å². The number of aliphatic hydroxyl groups excluding tert-OH is 3. The maximum atomic E-state index is 14.8. The summed E-state index contributed by atoms with van der Waals surface area (Å²) < 4.78 is 28.0. The van der Waals surface area contributed by atoms with Gasteiger partial charge in [0.05, 0.1) is 61.1 Å². The van der Waals surface area contributed by atoms with Crippen molar-refractivity contribution in [2.24, 2.45) is 11.3 Å². The number of hydrogen-bond acceptors (Lipinski definition) is 17. The molecule has 306 valence electrons. The zero-order chi connectivity index (χ0) is 41.6. The number of benzene rings is 2. The quantitative estimate of drug-likeness (QED) is 0.192. The first-order valence-electron chi connectivity index (χ1n) is 18.6. The number of Topliss-reactive ketones (excluding diaryl/α,β-unsaturated/α-hetero) is 3. The third kappa shape index (κ3) is 5.78. The second-order valence-corrected chi connectivity index (χ2v) is 15.5. The van der Waals surface area contributed by atoms with Crippen LogP contribution in [0.2, 0.25) is 0 Å². The Morgan fingerprint density at radius 1 is 0.930 bits per heavy atom. The van der Waals surface area contributed by atoms with Crippen LogP contribution in [0.4, 0.5) is 0 Å². The van der Waals surface area contributed by atoms with Gasteiger partial charge in [-0.25, -0.2) is 4.79 Å². The minimum absolute atomic E-state index is 0.0251. The van der Waals surface area contributed by atoms with Gasteiger partial charge >= 0.3 is 5.97 Å². The van der Waals surface area contributed by atoms with E-state index in [0.717, 1.165) is 26.4 Å². The number of hydrogen-bond donors (Lipinski definition) is 7. The average molecular weight is 796 g/mol. The lowest BCUT2D eigenvalue weighted by molar-refractivity contribution is -0.289. The molecule has 5 aliphatic rings. The summed E-state index contributed by atoms with van der Waals surface area (Å²) >= 11 is 0. The fourth-order valence-electron chi connectivity index (χ4n) is 9.13. The number of aryl methyl sites for hydroxylation is 1. The van der Waals surface area contributed by atoms with Crippen molar-refractivity contribution >= 4 is 29.1 Å². The maximum Gasteiger partial charge on any atom is 0.341 e. The Bertz CT molecular complexity index is 2130. The van der Waals surface area contributed by atoms with Crippen LogP contribution in [0.25, 0.3) is 0 Å². The molecule has 3 aliphatic carbocycles. The molecule has 2 aromatic rings. The van der Waals surface area contributed by atoms with Crippen LogP contribution in [0.5, 0.6) is 11.5 Å². The Kier molecular flexibility index (Phi) is 10.2. The molecule has 0 amide bonds. The molecular weight excluding hydrogens is 750 g/mol. The molecule has 2 saturated heterocycles. The molecule has 2 unspecified atom stereocenters. The van der Waals surface area contributed by atoms with Gasteiger partial charge in [-0.3, -0.25) is 19.2 Å². The molecule has 57 heavy (non-hydrogen) atoms. The van der Waals surface area contributed by atoms with Crippen molar-refractivity contribution in [1.82, 2.24) is 5.32 Å². The minimum Gasteiger partial charge on any atom is -0.507 e. The second kappa shape index (κ2) is 14.4. The van der Waals surface area contributed by atoms with E-state index in [9.17, 15) is 54.6 Å². The van der Waals surface area contributed by atoms with Gasteiger partial charge in [-0.1, -0.05) is 13.0 Å². The molecular formula is C40H45NO16. The molecule has 7 rings (SSSR count). The van der Waals surface area contributed by atoms with Gasteiger partial charge in [0, 0.05) is 48.6 Å². The third-order valence-corrected chi connectivity index (χ3v) is 12.2. The summed E-state index contributed by atoms with van der Waals surface area (Å²) in [4.78, 5) is 70.2. The summed E-state index contributed by atoms with van der Waals surface area (Å²) in [7, 11) is 2.19. The minimum atomic E-state index is -3.14. The number of allylic oxidation sites excluding steroid dienone is 2. The van der Waals surface area contributed by atoms with Crippen molar-refractivity contribution in [3.63, 3.8) is 0 Å². The lowest BCUT2D eigenvalue weighted by atomic mass is 9.51. The van der Waals surface area contributed by atoms with E-state index >= 15 is 0 Å². The molecule has 2 heterocycles. The van der Waals surface area contributed by atoms with Crippen LogP contribution < -0.4 is 5.32 Å². The maximum absolute atomic E-state index is 14.8. The molecule has 2 aromatic carbocycles. The van der Waals surface area contributed by atoms with Gasteiger partial charge in [-0.05, 0) is 44.4 Å². The summed E-state index contributed by atoms with van der Waals surface area (Å²) in [5.41, 5.74) is -9.47. The lowest BCUT2D eigenvalue weighted by Crippen LogP contribution is -2.69. The topological polar surface area (TPSA) is 265 Å². The Hall–Kier alpha value is -4.59. The number of rotatable bonds is 7. The highest BCUT2D eigenvalue weighted by Crippen LogP contribution is 2.59. The van der Waals surface area contributed by atoms with E-state index < -0.39 is 153 Å². The van der Waals surface area contributed by atoms with Crippen LogP contribution in [0.1, 0.15) is 102 Å². The summed E-state index contributed by atoms with van der Waals surface area (Å²) in [6, 6.07) is 2.24. The normalized spacial score (nSPS) is 34.8. The summed E-state index contributed by atoms with van der Waals surface area (Å²) in [6.07, 6.45) is -6.23. The van der Waals surface area contributed by atoms with E-state index in [0.29, 0.717) is 12.8 Å². The molecule has 0 aromatic heterocycles. The number of aliphatic hydroxyl groups is 4. The monoisotopic (exact) mass is 795 g/mol. The first-order valence-corrected chi connectivity index (χ1v) is 18.6. The van der Waals surface area contributed by atoms with Crippen molar-refractivity contribution in [2.45, 2.75) is 102 Å². The summed E-state index contributed by atoms with van der Waals surface area (Å²) in [5, 5.41) is 71.7. The van der Waals surface area contributed by atoms with Crippen LogP contribution in [0.15, 0.2) is 23.9 Å². The van der Waals surface area contributed by atoms with Crippen molar-refractivity contribution in [2.75, 3.05) is 20.8 Å². The number of aromatic hydroxyl groups is 2. The highest BCUT2D eigenvalue weighted by molar-refractivity contribution is 6.30. The van der Waals surface area contributed by atoms with E-state index in [1.54, 1.807) is 20.8 Å². The number of carbonyl (C=O) groups excluding carboxylic acids is 5. The fraction of sp³-hybridized carbons (Fsp3) is 0.525. The SMILES string of the molecule is COCC12C(=O)c3c(cc4c(c3O)C(=O)C=C(NC3O[C@@H](C)[C@H](O[C@@H]5CC[C@H](O)[C@H](C)O5)[C@@H](O)[C@H]3C)C4=O)C(=O)[C@@]1(O)c1c(cc(C)c(C(=O)OC)c1O)C[C@H]2O. The van der Waals surface area contributed by atoms with Gasteiger partial charge in [0.25, 0.3) is 0 Å². The van der Waals surface area contributed by atoms with Gasteiger partial charge in [-0.15, -0.1) is 0 Å². The Morgan fingerprint density at radius 2 is 1.63 bits per heavy atom. The highest BCUT2D eigenvalue weighted by atomic mass is 16.7. The second-order valence-electron chi connectivity index (χ2n) is 15.5. The van der Waals surface area contributed by atoms with Gasteiger partial charge < -0.3 is 59.6 Å². The van der Waals surface area contributed by atoms with Crippen LogP contribution in [0, 0.1) is 18.3 Å². The number of nitrogens with one attached hydrogen (secondary N) is 1. The van der Waals surface area contributed by atoms with Gasteiger partial charge in [-0.2, -0.15) is 0 Å². The number of ether oxygens (including phenoxy) is 5. The smallest absolute Gasteiger partial charge is 0.341 e. The van der Waals surface area contributed by atoms with Gasteiger partial charge in [0.15, 0.2) is 23.5 Å². The molecule has 17 nitrogen and oxygen atoms in total. The van der Waals surface area contributed by atoms with Gasteiger partial charge in [0.2, 0.25) is 11.6 Å². The first-order chi connectivity index (χ1) is 26.8. The molecule has 11 atom stereocenters. The Balaban J connectivity index is 1.26. The number of esters is 1. The molecule has 7 N–H and O–H groups in total. The molecule has 0 bridgehead atoms. The average Bonchev–Trinajstić information content (AvgIpc) is 3.15. The predicted molar refractivity (Wildman–Crippen MR) is 193 cm³/mol. The zero-order valence-electron chi connectivity index (χ0n) is 32.0. The van der Waals surface area contributed by atoms with Crippen LogP contribution in [0.3, 0.4) is 0 Å². The van der Waals surface area contributed by atoms with Gasteiger partial charge in [0.1, 0.15) is 34.8 Å². The molecule has 0 radical (unpaired) electrons. The molecule has 2 aliphatic heterocycles. The van der Waals surface area contributed by atoms with Crippen LogP contribution in [-0.2, 0) is 35.7 Å². The predicted octanol–water partition coefficient (Wildman–Crippen LogP) is 0.875. The van der Waals surface area contributed by atoms with Crippen LogP contribution >= 0.6 is 0 Å². The number of phenols is 2. The standard InChI is InChI=1S/C40H45NO16/c1-14-9-18-10-24(44)39(13-53-5)36(50)28-20(35(49)40(39,52)29(18)33(48)26(14)38(51)54-6)11-19-27(32(28)47)23(43)12-21(31(19)46)41-37-15(2)30(45)34(17(4)56-37)57-25-8-7-22(42)16(3)55-25/h9,11-12,15-17,22,24-25,30,34,37,41-42,44-45,47-48,52H,7-8,10,13H2,1-6H3/t15-,16+,17+,22+,24-,25-,30+,34+,37?,39?,40+/m1/s1. The molecule has 2 fully saturated rings. The van der Waals surface area contributed by atoms with E-state index in [1.165, 1.54) is 13.0 Å². The lowest BCUT2D eigenvalue weighted by Gasteiger charge is -2.53. The number of phenolic OH excluding ortho intramolecular Hbond substituents is 2. The van der Waals surface area contributed by atoms with E-state index in [2.05, 4.69) is 5.32 Å². The van der Waals surface area contributed by atoms with Crippen molar-refractivity contribution in [1.29, 1.82) is 0 Å². The van der Waals surface area contributed by atoms with E-state index in [-0.39, 0.29) is 16.8 Å². The summed E-state index contributed by atoms with van der Waals surface area (Å²) in [6.45, 7) is 5.61. The first kappa shape index (κ1) is 40.6. The molecule has 0 spiro atoms. The highest BCUT2D eigenvalue weighted by Gasteiger charge is 2.72. The Morgan fingerprint density at radius 3 is 2.28 bits per heavy atom. The van der Waals surface area contributed by atoms with Crippen molar-refractivity contribution in [3.8, 4) is 11.5 Å². The third-order valence-electron chi connectivity index (χ3n) is 12.2. The number of fused-ring (bicyclic) bond motifs is 5. The van der Waals surface area contributed by atoms with Crippen molar-refractivity contribution < 1.29 is 78.3 Å². The molecule has 17 heteroatoms. The molecule has 0 saturated carbocycles. The number of methoxy groups -OCH3 is 2. The largest absolute Gasteiger partial charge is 0.507 e. The fourth-order valence-corrected chi connectivity index (χ4v) is 9.13. The Labute approximate surface area is 326 Å². The van der Waals surface area contributed by atoms with E-state index in [1.807, 2.05) is 0 Å². The summed E-state index contributed by atoms with van der Waals surface area (Å²) in [5.74, 6) is -8.12. The van der Waals surface area contributed by atoms with Crippen molar-refractivity contribution in [3.05, 3.63) is 68.4 Å². The number of carbonyl (C=O) groups is 5. The zero-order valence-corrected chi connectivity index (χ0v) is 32.0.